The van der Waals surface area contributed by atoms with Crippen LogP contribution in [0.2, 0.25) is 0 Å². The summed E-state index contributed by atoms with van der Waals surface area (Å²) in [5, 5.41) is 3.89. The molecule has 0 saturated heterocycles. The monoisotopic (exact) mass is 321 g/mol. The maximum Gasteiger partial charge on any atom is 0.287 e. The molecular formula is C15H16BrNO2. The van der Waals surface area contributed by atoms with E-state index in [-0.39, 0.29) is 5.91 Å². The molecule has 1 N–H and O–H groups in total. The third kappa shape index (κ3) is 2.84. The Bertz CT molecular complexity index is 616. The number of carbonyl (C=O) groups excluding carboxylic acids is 1. The molecule has 3 nitrogen and oxygen atoms in total. The van der Waals surface area contributed by atoms with Crippen molar-refractivity contribution in [2.45, 2.75) is 24.6 Å². The highest BCUT2D eigenvalue weighted by molar-refractivity contribution is 9.09. The summed E-state index contributed by atoms with van der Waals surface area (Å²) in [4.78, 5) is 12.4. The van der Waals surface area contributed by atoms with Crippen molar-refractivity contribution in [2.75, 3.05) is 6.54 Å². The van der Waals surface area contributed by atoms with E-state index >= 15 is 0 Å². The Balaban J connectivity index is 1.70. The van der Waals surface area contributed by atoms with Crippen molar-refractivity contribution in [2.24, 2.45) is 5.92 Å². The van der Waals surface area contributed by atoms with Crippen LogP contribution in [0.15, 0.2) is 28.7 Å². The van der Waals surface area contributed by atoms with Crippen molar-refractivity contribution in [3.63, 3.8) is 0 Å². The highest BCUT2D eigenvalue weighted by Gasteiger charge is 2.29. The van der Waals surface area contributed by atoms with Gasteiger partial charge in [0.1, 0.15) is 5.58 Å². The van der Waals surface area contributed by atoms with Gasteiger partial charge in [0.15, 0.2) is 5.76 Å². The minimum Gasteiger partial charge on any atom is -0.451 e. The maximum absolute atomic E-state index is 12.0. The van der Waals surface area contributed by atoms with Crippen LogP contribution >= 0.6 is 15.9 Å². The van der Waals surface area contributed by atoms with E-state index in [1.54, 1.807) is 6.07 Å². The maximum atomic E-state index is 12.0. The summed E-state index contributed by atoms with van der Waals surface area (Å²) >= 11 is 3.60. The molecule has 1 aromatic heterocycles. The molecule has 100 valence electrons. The molecular weight excluding hydrogens is 306 g/mol. The van der Waals surface area contributed by atoms with Gasteiger partial charge in [0.25, 0.3) is 5.91 Å². The lowest BCUT2D eigenvalue weighted by Gasteiger charge is -2.08. The predicted octanol–water partition coefficient (Wildman–Crippen LogP) is 3.64. The van der Waals surface area contributed by atoms with Crippen LogP contribution in [0.25, 0.3) is 11.0 Å². The van der Waals surface area contributed by atoms with Gasteiger partial charge >= 0.3 is 0 Å². The van der Waals surface area contributed by atoms with E-state index in [0.29, 0.717) is 17.1 Å². The summed E-state index contributed by atoms with van der Waals surface area (Å²) in [7, 11) is 0. The number of fused-ring (bicyclic) bond motifs is 1. The zero-order valence-electron chi connectivity index (χ0n) is 10.8. The lowest BCUT2D eigenvalue weighted by molar-refractivity contribution is 0.0928. The zero-order chi connectivity index (χ0) is 13.4. The van der Waals surface area contributed by atoms with Gasteiger partial charge in [0.2, 0.25) is 0 Å². The van der Waals surface area contributed by atoms with Gasteiger partial charge in [-0.2, -0.15) is 0 Å². The van der Waals surface area contributed by atoms with E-state index in [1.165, 1.54) is 12.8 Å². The molecule has 1 aromatic carbocycles. The number of benzene rings is 1. The molecule has 1 aliphatic rings. The zero-order valence-corrected chi connectivity index (χ0v) is 12.4. The molecule has 1 heterocycles. The third-order valence-electron chi connectivity index (χ3n) is 3.49. The molecule has 1 amide bonds. The Labute approximate surface area is 120 Å². The van der Waals surface area contributed by atoms with Gasteiger partial charge in [-0.25, -0.2) is 0 Å². The number of carbonyl (C=O) groups is 1. The summed E-state index contributed by atoms with van der Waals surface area (Å²) in [6.45, 7) is 2.68. The molecule has 0 radical (unpaired) electrons. The second-order valence-corrected chi connectivity index (χ2v) is 6.39. The minimum atomic E-state index is -0.140. The number of rotatable bonds is 4. The van der Waals surface area contributed by atoms with Crippen molar-refractivity contribution >= 4 is 32.8 Å². The van der Waals surface area contributed by atoms with Crippen molar-refractivity contribution in [1.82, 2.24) is 5.32 Å². The second-order valence-electron chi connectivity index (χ2n) is 5.22. The van der Waals surface area contributed by atoms with Gasteiger partial charge < -0.3 is 9.73 Å². The first-order valence-corrected chi connectivity index (χ1v) is 7.47. The van der Waals surface area contributed by atoms with Crippen molar-refractivity contribution in [1.29, 1.82) is 0 Å². The summed E-state index contributed by atoms with van der Waals surface area (Å²) in [5.74, 6) is 0.966. The van der Waals surface area contributed by atoms with Crippen molar-refractivity contribution < 1.29 is 9.21 Å². The van der Waals surface area contributed by atoms with E-state index in [1.807, 2.05) is 25.1 Å². The quantitative estimate of drug-likeness (QED) is 0.873. The summed E-state index contributed by atoms with van der Waals surface area (Å²) in [6, 6.07) is 7.71. The molecule has 0 aliphatic heterocycles. The fourth-order valence-corrected chi connectivity index (χ4v) is 2.87. The fraction of sp³-hybridized carbons (Fsp3) is 0.400. The van der Waals surface area contributed by atoms with Crippen LogP contribution < -0.4 is 5.32 Å². The third-order valence-corrected chi connectivity index (χ3v) is 4.56. The molecule has 1 atom stereocenters. The second kappa shape index (κ2) is 5.00. The standard InChI is InChI=1S/C15H16BrNO2/c1-9-2-5-13-11(6-9)7-14(19-13)15(18)17-8-12(16)10-3-4-10/h2,5-7,10,12H,3-4,8H2,1H3,(H,17,18). The van der Waals surface area contributed by atoms with Gasteiger partial charge in [-0.1, -0.05) is 27.6 Å². The summed E-state index contributed by atoms with van der Waals surface area (Å²) < 4.78 is 5.57. The van der Waals surface area contributed by atoms with Crippen LogP contribution in [-0.4, -0.2) is 17.3 Å². The molecule has 0 bridgehead atoms. The Kier molecular flexibility index (Phi) is 3.35. The highest BCUT2D eigenvalue weighted by Crippen LogP contribution is 2.36. The van der Waals surface area contributed by atoms with Crippen LogP contribution in [0, 0.1) is 12.8 Å². The Hall–Kier alpha value is -1.29. The lowest BCUT2D eigenvalue weighted by atomic mass is 10.2. The molecule has 0 spiro atoms. The average Bonchev–Trinajstić information content (AvgIpc) is 3.15. The number of amides is 1. The Morgan fingerprint density at radius 2 is 2.26 bits per heavy atom. The number of nitrogens with one attached hydrogen (secondary N) is 1. The Morgan fingerprint density at radius 1 is 1.47 bits per heavy atom. The first kappa shape index (κ1) is 12.7. The molecule has 4 heteroatoms. The number of alkyl halides is 1. The topological polar surface area (TPSA) is 42.2 Å². The van der Waals surface area contributed by atoms with Gasteiger partial charge in [0.05, 0.1) is 0 Å². The normalized spacial score (nSPS) is 16.5. The van der Waals surface area contributed by atoms with E-state index in [4.69, 9.17) is 4.42 Å². The minimum absolute atomic E-state index is 0.140. The number of hydrogen-bond donors (Lipinski definition) is 1. The largest absolute Gasteiger partial charge is 0.451 e. The number of furan rings is 1. The molecule has 1 saturated carbocycles. The molecule has 1 fully saturated rings. The molecule has 1 aliphatic carbocycles. The first-order valence-electron chi connectivity index (χ1n) is 6.56. The molecule has 3 rings (SSSR count). The first-order chi connectivity index (χ1) is 9.13. The van der Waals surface area contributed by atoms with Crippen LogP contribution in [0.5, 0.6) is 0 Å². The molecule has 19 heavy (non-hydrogen) atoms. The predicted molar refractivity (Wildman–Crippen MR) is 78.7 cm³/mol. The highest BCUT2D eigenvalue weighted by atomic mass is 79.9. The molecule has 1 unspecified atom stereocenters. The van der Waals surface area contributed by atoms with E-state index in [2.05, 4.69) is 21.2 Å². The fourth-order valence-electron chi connectivity index (χ4n) is 2.18. The van der Waals surface area contributed by atoms with Crippen molar-refractivity contribution in [3.8, 4) is 0 Å². The van der Waals surface area contributed by atoms with Crippen molar-refractivity contribution in [3.05, 3.63) is 35.6 Å². The van der Waals surface area contributed by atoms with Crippen LogP contribution in [0.4, 0.5) is 0 Å². The lowest BCUT2D eigenvalue weighted by Crippen LogP contribution is -2.30. The number of aryl methyl sites for hydroxylation is 1. The van der Waals surface area contributed by atoms with Gasteiger partial charge in [0, 0.05) is 16.8 Å². The molecule has 2 aromatic rings. The Morgan fingerprint density at radius 3 is 3.00 bits per heavy atom. The summed E-state index contributed by atoms with van der Waals surface area (Å²) in [5.41, 5.74) is 1.92. The average molecular weight is 322 g/mol. The SMILES string of the molecule is Cc1ccc2oc(C(=O)NCC(Br)C3CC3)cc2c1. The van der Waals surface area contributed by atoms with E-state index in [0.717, 1.165) is 22.5 Å². The van der Waals surface area contributed by atoms with Gasteiger partial charge in [-0.3, -0.25) is 4.79 Å². The van der Waals surface area contributed by atoms with Crippen LogP contribution in [-0.2, 0) is 0 Å². The van der Waals surface area contributed by atoms with Crippen LogP contribution in [0.1, 0.15) is 29.0 Å². The van der Waals surface area contributed by atoms with Crippen LogP contribution in [0.3, 0.4) is 0 Å². The van der Waals surface area contributed by atoms with E-state index in [9.17, 15) is 4.79 Å². The summed E-state index contributed by atoms with van der Waals surface area (Å²) in [6.07, 6.45) is 2.52. The van der Waals surface area contributed by atoms with E-state index < -0.39 is 0 Å². The van der Waals surface area contributed by atoms with Gasteiger partial charge in [-0.15, -0.1) is 0 Å². The smallest absolute Gasteiger partial charge is 0.287 e. The number of hydrogen-bond acceptors (Lipinski definition) is 2. The van der Waals surface area contributed by atoms with Gasteiger partial charge in [-0.05, 0) is 43.9 Å². The number of halogens is 1.